The summed E-state index contributed by atoms with van der Waals surface area (Å²) in [4.78, 5) is 12.8. The Bertz CT molecular complexity index is 871. The van der Waals surface area contributed by atoms with E-state index in [1.165, 1.54) is 0 Å². The van der Waals surface area contributed by atoms with E-state index < -0.39 is 7.12 Å². The van der Waals surface area contributed by atoms with Crippen molar-refractivity contribution < 1.29 is 14.5 Å². The maximum Gasteiger partial charge on any atom is 0.491 e. The normalized spacial score (nSPS) is 18.9. The molecule has 4 rings (SSSR count). The Morgan fingerprint density at radius 3 is 3.04 bits per heavy atom. The van der Waals surface area contributed by atoms with Gasteiger partial charge in [0.25, 0.3) is 0 Å². The molecule has 1 aliphatic heterocycles. The summed E-state index contributed by atoms with van der Waals surface area (Å²) in [7, 11) is -0.860. The van der Waals surface area contributed by atoms with Crippen molar-refractivity contribution in [3.05, 3.63) is 64.2 Å². The van der Waals surface area contributed by atoms with Crippen molar-refractivity contribution in [1.82, 2.24) is 0 Å². The van der Waals surface area contributed by atoms with E-state index in [9.17, 15) is 15.1 Å². The number of carbonyl (C=O) groups excluding carboxylic acids is 1. The van der Waals surface area contributed by atoms with Gasteiger partial charge in [0.2, 0.25) is 0 Å². The molecule has 2 aromatic carbocycles. The van der Waals surface area contributed by atoms with Gasteiger partial charge in [-0.05, 0) is 47.5 Å². The molecule has 24 heavy (non-hydrogen) atoms. The molecule has 0 saturated carbocycles. The molecule has 1 atom stereocenters. The summed E-state index contributed by atoms with van der Waals surface area (Å²) in [5.41, 5.74) is 5.04. The highest BCUT2D eigenvalue weighted by molar-refractivity contribution is 6.61. The molecule has 0 bridgehead atoms. The van der Waals surface area contributed by atoms with Gasteiger partial charge in [0.15, 0.2) is 5.78 Å². The maximum atomic E-state index is 12.8. The van der Waals surface area contributed by atoms with Gasteiger partial charge in [-0.2, -0.15) is 5.26 Å². The van der Waals surface area contributed by atoms with Gasteiger partial charge in [-0.3, -0.25) is 4.79 Å². The van der Waals surface area contributed by atoms with Gasteiger partial charge in [-0.25, -0.2) is 0 Å². The van der Waals surface area contributed by atoms with E-state index in [2.05, 4.69) is 6.07 Å². The van der Waals surface area contributed by atoms with Crippen molar-refractivity contribution >= 4 is 18.4 Å². The second-order valence-corrected chi connectivity index (χ2v) is 6.44. The number of nitrogens with zero attached hydrogens (tertiary/aromatic N) is 1. The van der Waals surface area contributed by atoms with Crippen LogP contribution in [0.15, 0.2) is 36.4 Å². The lowest BCUT2D eigenvalue weighted by molar-refractivity contribution is 0.0901. The molecular weight excluding hydrogens is 301 g/mol. The Labute approximate surface area is 140 Å². The average Bonchev–Trinajstić information content (AvgIpc) is 2.98. The van der Waals surface area contributed by atoms with Crippen LogP contribution in [0.2, 0.25) is 0 Å². The molecule has 2 aromatic rings. The number of hydrogen-bond acceptors (Lipinski definition) is 4. The Morgan fingerprint density at radius 1 is 1.33 bits per heavy atom. The zero-order chi connectivity index (χ0) is 16.7. The zero-order valence-electron chi connectivity index (χ0n) is 13.2. The molecule has 0 fully saturated rings. The van der Waals surface area contributed by atoms with Crippen molar-refractivity contribution in [3.8, 4) is 6.07 Å². The Kier molecular flexibility index (Phi) is 3.72. The molecule has 1 N–H and O–H groups in total. The van der Waals surface area contributed by atoms with Crippen LogP contribution >= 0.6 is 0 Å². The van der Waals surface area contributed by atoms with Crippen LogP contribution in [0.1, 0.15) is 39.0 Å². The summed E-state index contributed by atoms with van der Waals surface area (Å²) >= 11 is 0. The minimum Gasteiger partial charge on any atom is -0.423 e. The smallest absolute Gasteiger partial charge is 0.423 e. The van der Waals surface area contributed by atoms with Gasteiger partial charge < -0.3 is 9.68 Å². The van der Waals surface area contributed by atoms with E-state index in [0.717, 1.165) is 35.0 Å². The van der Waals surface area contributed by atoms with Crippen LogP contribution in [0.3, 0.4) is 0 Å². The molecule has 1 heterocycles. The fourth-order valence-electron chi connectivity index (χ4n) is 3.73. The first-order valence-corrected chi connectivity index (χ1v) is 8.15. The molecule has 0 spiro atoms. The van der Waals surface area contributed by atoms with Gasteiger partial charge in [0.05, 0.1) is 18.2 Å². The van der Waals surface area contributed by atoms with Gasteiger partial charge in [-0.15, -0.1) is 0 Å². The minimum absolute atomic E-state index is 0.0797. The van der Waals surface area contributed by atoms with Gasteiger partial charge in [0.1, 0.15) is 0 Å². The van der Waals surface area contributed by atoms with Crippen molar-refractivity contribution in [2.24, 2.45) is 5.92 Å². The highest BCUT2D eigenvalue weighted by Crippen LogP contribution is 2.30. The third-order valence-electron chi connectivity index (χ3n) is 5.03. The monoisotopic (exact) mass is 317 g/mol. The molecule has 0 saturated heterocycles. The van der Waals surface area contributed by atoms with Crippen LogP contribution in [0.4, 0.5) is 0 Å². The fraction of sp³-hybridized carbons (Fsp3) is 0.263. The number of carbonyl (C=O) groups is 1. The predicted molar refractivity (Wildman–Crippen MR) is 89.8 cm³/mol. The second-order valence-electron chi connectivity index (χ2n) is 6.44. The predicted octanol–water partition coefficient (Wildman–Crippen LogP) is 1.76. The molecular formula is C19H16BNO3. The van der Waals surface area contributed by atoms with Crippen LogP contribution in [0.5, 0.6) is 0 Å². The first kappa shape index (κ1) is 15.1. The van der Waals surface area contributed by atoms with Crippen LogP contribution in [-0.4, -0.2) is 17.9 Å². The maximum absolute atomic E-state index is 12.8. The molecule has 0 radical (unpaired) electrons. The lowest BCUT2D eigenvalue weighted by Crippen LogP contribution is -2.29. The topological polar surface area (TPSA) is 70.3 Å². The summed E-state index contributed by atoms with van der Waals surface area (Å²) in [6.45, 7) is 0.434. The van der Waals surface area contributed by atoms with E-state index in [-0.39, 0.29) is 11.7 Å². The second kappa shape index (κ2) is 5.90. The molecule has 118 valence electrons. The van der Waals surface area contributed by atoms with Crippen LogP contribution in [0, 0.1) is 17.2 Å². The molecule has 0 aromatic heterocycles. The molecule has 0 amide bonds. The van der Waals surface area contributed by atoms with Crippen molar-refractivity contribution in [2.45, 2.75) is 25.9 Å². The van der Waals surface area contributed by atoms with E-state index >= 15 is 0 Å². The van der Waals surface area contributed by atoms with Crippen molar-refractivity contribution in [1.29, 1.82) is 5.26 Å². The number of ketones is 1. The number of hydrogen-bond donors (Lipinski definition) is 1. The minimum atomic E-state index is -0.860. The highest BCUT2D eigenvalue weighted by Gasteiger charge is 2.31. The summed E-state index contributed by atoms with van der Waals surface area (Å²) < 4.78 is 5.22. The lowest BCUT2D eigenvalue weighted by Gasteiger charge is -2.24. The van der Waals surface area contributed by atoms with Crippen molar-refractivity contribution in [2.75, 3.05) is 0 Å². The Morgan fingerprint density at radius 2 is 2.21 bits per heavy atom. The summed E-state index contributed by atoms with van der Waals surface area (Å²) in [6.07, 6.45) is 2.15. The summed E-state index contributed by atoms with van der Waals surface area (Å²) in [5.74, 6) is 0.0367. The Balaban J connectivity index is 1.60. The summed E-state index contributed by atoms with van der Waals surface area (Å²) in [5, 5.41) is 19.0. The van der Waals surface area contributed by atoms with Crippen molar-refractivity contribution in [3.63, 3.8) is 0 Å². The van der Waals surface area contributed by atoms with Gasteiger partial charge in [-0.1, -0.05) is 30.3 Å². The Hall–Kier alpha value is -2.42. The number of benzene rings is 2. The lowest BCUT2D eigenvalue weighted by atomic mass is 9.75. The van der Waals surface area contributed by atoms with Gasteiger partial charge in [0, 0.05) is 11.5 Å². The number of fused-ring (bicyclic) bond motifs is 2. The SMILES string of the molecule is N#Cc1cccc2c1CCC(Cc1ccc3c(c1)B(O)OC3)C2=O. The van der Waals surface area contributed by atoms with Gasteiger partial charge >= 0.3 is 7.12 Å². The first-order valence-electron chi connectivity index (χ1n) is 8.15. The first-order chi connectivity index (χ1) is 11.7. The standard InChI is InChI=1S/C19H16BNO3/c21-10-14-2-1-3-17-16(14)7-6-13(19(17)22)8-12-4-5-15-11-24-20(23)18(15)9-12/h1-5,9,13,23H,6-8,11H2. The zero-order valence-corrected chi connectivity index (χ0v) is 13.2. The van der Waals surface area contributed by atoms with Crippen LogP contribution in [-0.2, 0) is 24.1 Å². The van der Waals surface area contributed by atoms with E-state index in [4.69, 9.17) is 4.65 Å². The quantitative estimate of drug-likeness (QED) is 0.857. The van der Waals surface area contributed by atoms with E-state index in [0.29, 0.717) is 24.2 Å². The van der Waals surface area contributed by atoms with E-state index in [1.807, 2.05) is 24.3 Å². The number of nitriles is 1. The fourth-order valence-corrected chi connectivity index (χ4v) is 3.73. The molecule has 5 heteroatoms. The molecule has 2 aliphatic rings. The molecule has 4 nitrogen and oxygen atoms in total. The van der Waals surface area contributed by atoms with Crippen LogP contribution in [0.25, 0.3) is 0 Å². The number of Topliss-reactive ketones (excluding diaryl/α,β-unsaturated/α-hetero) is 1. The van der Waals surface area contributed by atoms with Crippen LogP contribution < -0.4 is 5.46 Å². The molecule has 1 aliphatic carbocycles. The number of rotatable bonds is 2. The third-order valence-corrected chi connectivity index (χ3v) is 5.03. The average molecular weight is 317 g/mol. The largest absolute Gasteiger partial charge is 0.491 e. The van der Waals surface area contributed by atoms with E-state index in [1.54, 1.807) is 12.1 Å². The highest BCUT2D eigenvalue weighted by atomic mass is 16.5. The molecule has 1 unspecified atom stereocenters. The third kappa shape index (κ3) is 2.45. The summed E-state index contributed by atoms with van der Waals surface area (Å²) in [6, 6.07) is 13.5.